The lowest BCUT2D eigenvalue weighted by Gasteiger charge is -2.11. The molecule has 0 radical (unpaired) electrons. The molecule has 0 aliphatic carbocycles. The van der Waals surface area contributed by atoms with Crippen molar-refractivity contribution in [3.63, 3.8) is 0 Å². The SMILES string of the molecule is CC(CNS(=O)(=O)c1c(NN)nc2ccccn12)S(C)=O. The molecule has 2 rings (SSSR count). The van der Waals surface area contributed by atoms with Crippen LogP contribution in [0.2, 0.25) is 0 Å². The number of rotatable bonds is 6. The third-order valence-corrected chi connectivity index (χ3v) is 5.75. The number of hydrazine groups is 1. The average Bonchev–Trinajstić information content (AvgIpc) is 2.83. The molecule has 2 aromatic heterocycles. The Morgan fingerprint density at radius 2 is 2.19 bits per heavy atom. The van der Waals surface area contributed by atoms with Gasteiger partial charge in [0.15, 0.2) is 10.8 Å². The minimum Gasteiger partial charge on any atom is -0.306 e. The zero-order chi connectivity index (χ0) is 15.6. The van der Waals surface area contributed by atoms with Crippen molar-refractivity contribution < 1.29 is 12.6 Å². The first-order valence-corrected chi connectivity index (χ1v) is 9.23. The number of hydrogen-bond donors (Lipinski definition) is 3. The van der Waals surface area contributed by atoms with Crippen LogP contribution >= 0.6 is 0 Å². The summed E-state index contributed by atoms with van der Waals surface area (Å²) in [7, 11) is -4.96. The Balaban J connectivity index is 2.42. The van der Waals surface area contributed by atoms with E-state index >= 15 is 0 Å². The van der Waals surface area contributed by atoms with E-state index in [-0.39, 0.29) is 22.6 Å². The maximum Gasteiger partial charge on any atom is 0.260 e. The molecule has 4 N–H and O–H groups in total. The van der Waals surface area contributed by atoms with Crippen LogP contribution in [0.3, 0.4) is 0 Å². The van der Waals surface area contributed by atoms with Crippen molar-refractivity contribution in [1.29, 1.82) is 0 Å². The molecule has 0 aromatic carbocycles. The number of imidazole rings is 1. The topological polar surface area (TPSA) is 119 Å². The minimum absolute atomic E-state index is 0.0546. The molecule has 0 aliphatic heterocycles. The molecule has 2 heterocycles. The largest absolute Gasteiger partial charge is 0.306 e. The van der Waals surface area contributed by atoms with E-state index in [1.165, 1.54) is 10.7 Å². The van der Waals surface area contributed by atoms with Crippen molar-refractivity contribution in [2.75, 3.05) is 18.2 Å². The van der Waals surface area contributed by atoms with Crippen LogP contribution in [0.5, 0.6) is 0 Å². The number of sulfonamides is 1. The fraction of sp³-hybridized carbons (Fsp3) is 0.364. The van der Waals surface area contributed by atoms with Gasteiger partial charge in [-0.1, -0.05) is 6.07 Å². The van der Waals surface area contributed by atoms with Crippen LogP contribution < -0.4 is 16.0 Å². The summed E-state index contributed by atoms with van der Waals surface area (Å²) in [6, 6.07) is 5.11. The lowest BCUT2D eigenvalue weighted by Crippen LogP contribution is -2.33. The monoisotopic (exact) mass is 331 g/mol. The van der Waals surface area contributed by atoms with Gasteiger partial charge < -0.3 is 5.43 Å². The van der Waals surface area contributed by atoms with Crippen LogP contribution in [0.25, 0.3) is 5.65 Å². The molecule has 0 saturated carbocycles. The molecule has 10 heteroatoms. The highest BCUT2D eigenvalue weighted by molar-refractivity contribution is 7.89. The first-order valence-electron chi connectivity index (χ1n) is 6.12. The number of fused-ring (bicyclic) bond motifs is 1. The average molecular weight is 331 g/mol. The van der Waals surface area contributed by atoms with Gasteiger partial charge in [0.05, 0.1) is 0 Å². The molecule has 2 atom stereocenters. The summed E-state index contributed by atoms with van der Waals surface area (Å²) >= 11 is 0. The third kappa shape index (κ3) is 3.23. The van der Waals surface area contributed by atoms with Crippen molar-refractivity contribution in [3.8, 4) is 0 Å². The van der Waals surface area contributed by atoms with Gasteiger partial charge in [-0.25, -0.2) is 24.0 Å². The number of hydrogen-bond acceptors (Lipinski definition) is 6. The van der Waals surface area contributed by atoms with Crippen LogP contribution in [0.15, 0.2) is 29.4 Å². The Labute approximate surface area is 125 Å². The highest BCUT2D eigenvalue weighted by Gasteiger charge is 2.25. The zero-order valence-corrected chi connectivity index (χ0v) is 13.2. The lowest BCUT2D eigenvalue weighted by molar-refractivity contribution is 0.576. The summed E-state index contributed by atoms with van der Waals surface area (Å²) in [6.45, 7) is 1.77. The molecule has 116 valence electrons. The van der Waals surface area contributed by atoms with Crippen molar-refractivity contribution >= 4 is 32.3 Å². The molecular weight excluding hydrogens is 314 g/mol. The predicted molar refractivity (Wildman–Crippen MR) is 81.7 cm³/mol. The summed E-state index contributed by atoms with van der Waals surface area (Å²) in [5.74, 6) is 5.40. The van der Waals surface area contributed by atoms with Gasteiger partial charge in [0.2, 0.25) is 0 Å². The van der Waals surface area contributed by atoms with Gasteiger partial charge in [-0.2, -0.15) is 0 Å². The van der Waals surface area contributed by atoms with Gasteiger partial charge in [-0.05, 0) is 19.1 Å². The van der Waals surface area contributed by atoms with E-state index in [9.17, 15) is 12.6 Å². The summed E-state index contributed by atoms with van der Waals surface area (Å²) in [5.41, 5.74) is 2.75. The van der Waals surface area contributed by atoms with Gasteiger partial charge >= 0.3 is 0 Å². The Morgan fingerprint density at radius 1 is 1.48 bits per heavy atom. The van der Waals surface area contributed by atoms with Gasteiger partial charge in [-0.15, -0.1) is 0 Å². The summed E-state index contributed by atoms with van der Waals surface area (Å²) < 4.78 is 40.1. The van der Waals surface area contributed by atoms with Gasteiger partial charge in [0.1, 0.15) is 5.65 Å². The number of nitrogens with zero attached hydrogens (tertiary/aromatic N) is 2. The molecule has 0 aliphatic rings. The summed E-state index contributed by atoms with van der Waals surface area (Å²) in [5, 5.41) is -0.372. The van der Waals surface area contributed by atoms with Gasteiger partial charge in [0, 0.05) is 35.0 Å². The molecule has 0 bridgehead atoms. The van der Waals surface area contributed by atoms with E-state index in [1.54, 1.807) is 31.3 Å². The molecule has 0 spiro atoms. The second-order valence-electron chi connectivity index (χ2n) is 4.50. The van der Waals surface area contributed by atoms with Crippen LogP contribution in [-0.2, 0) is 20.8 Å². The highest BCUT2D eigenvalue weighted by Crippen LogP contribution is 2.21. The van der Waals surface area contributed by atoms with Crippen molar-refractivity contribution in [3.05, 3.63) is 24.4 Å². The summed E-state index contributed by atoms with van der Waals surface area (Å²) in [6.07, 6.45) is 3.11. The van der Waals surface area contributed by atoms with Crippen LogP contribution in [-0.4, -0.2) is 40.1 Å². The second kappa shape index (κ2) is 6.10. The normalized spacial score (nSPS) is 15.0. The fourth-order valence-electron chi connectivity index (χ4n) is 1.74. The van der Waals surface area contributed by atoms with Gasteiger partial charge in [0.25, 0.3) is 10.0 Å². The number of nitrogens with one attached hydrogen (secondary N) is 2. The van der Waals surface area contributed by atoms with Gasteiger partial charge in [-0.3, -0.25) is 8.61 Å². The van der Waals surface area contributed by atoms with Crippen LogP contribution in [0, 0.1) is 0 Å². The van der Waals surface area contributed by atoms with E-state index in [2.05, 4.69) is 15.1 Å². The Kier molecular flexibility index (Phi) is 4.61. The van der Waals surface area contributed by atoms with E-state index in [0.717, 1.165) is 0 Å². The van der Waals surface area contributed by atoms with E-state index in [1.807, 2.05) is 0 Å². The Morgan fingerprint density at radius 3 is 2.81 bits per heavy atom. The second-order valence-corrected chi connectivity index (χ2v) is 7.98. The van der Waals surface area contributed by atoms with E-state index in [0.29, 0.717) is 5.65 Å². The minimum atomic E-state index is -3.84. The lowest BCUT2D eigenvalue weighted by atomic mass is 10.5. The highest BCUT2D eigenvalue weighted by atomic mass is 32.2. The molecule has 21 heavy (non-hydrogen) atoms. The maximum absolute atomic E-state index is 12.4. The van der Waals surface area contributed by atoms with Crippen LogP contribution in [0.1, 0.15) is 6.92 Å². The Hall–Kier alpha value is -1.49. The smallest absolute Gasteiger partial charge is 0.260 e. The van der Waals surface area contributed by atoms with E-state index in [4.69, 9.17) is 5.84 Å². The summed E-state index contributed by atoms with van der Waals surface area (Å²) in [4.78, 5) is 4.11. The zero-order valence-electron chi connectivity index (χ0n) is 11.6. The fourth-order valence-corrected chi connectivity index (χ4v) is 3.54. The first-order chi connectivity index (χ1) is 9.86. The predicted octanol–water partition coefficient (Wildman–Crippen LogP) is -0.335. The van der Waals surface area contributed by atoms with Crippen molar-refractivity contribution in [2.45, 2.75) is 17.2 Å². The quantitative estimate of drug-likeness (QED) is 0.492. The number of pyridine rings is 1. The number of aromatic nitrogens is 2. The molecule has 2 unspecified atom stereocenters. The molecular formula is C11H17N5O3S2. The van der Waals surface area contributed by atoms with E-state index < -0.39 is 20.8 Å². The maximum atomic E-state index is 12.4. The number of anilines is 1. The Bertz CT molecular complexity index is 771. The standard InChI is InChI=1S/C11H17N5O3S2/c1-8(20(2)17)7-13-21(18,19)11-10(15-12)14-9-5-3-4-6-16(9)11/h3-6,8,13,15H,7,12H2,1-2H3. The molecule has 0 fully saturated rings. The number of nitrogens with two attached hydrogens (primary N) is 1. The molecule has 8 nitrogen and oxygen atoms in total. The molecule has 2 aromatic rings. The molecule has 0 amide bonds. The molecule has 0 saturated heterocycles. The first kappa shape index (κ1) is 15.9. The van der Waals surface area contributed by atoms with Crippen molar-refractivity contribution in [2.24, 2.45) is 5.84 Å². The van der Waals surface area contributed by atoms with Crippen LogP contribution in [0.4, 0.5) is 5.82 Å². The third-order valence-electron chi connectivity index (χ3n) is 3.00. The number of nitrogen functional groups attached to an aromatic ring is 1. The van der Waals surface area contributed by atoms with Crippen molar-refractivity contribution in [1.82, 2.24) is 14.1 Å².